The minimum absolute atomic E-state index is 0.298. The minimum atomic E-state index is -0.441. The van der Waals surface area contributed by atoms with Crippen molar-refractivity contribution in [1.82, 2.24) is 4.98 Å². The highest BCUT2D eigenvalue weighted by Crippen LogP contribution is 2.30. The van der Waals surface area contributed by atoms with Gasteiger partial charge in [-0.3, -0.25) is 0 Å². The van der Waals surface area contributed by atoms with Crippen molar-refractivity contribution in [2.24, 2.45) is 0 Å². The van der Waals surface area contributed by atoms with Crippen molar-refractivity contribution < 1.29 is 9.53 Å². The number of carbonyl (C=O) groups excluding carboxylic acids is 1. The van der Waals surface area contributed by atoms with E-state index < -0.39 is 5.97 Å². The molecule has 0 spiro atoms. The number of anilines is 2. The third-order valence-corrected chi connectivity index (χ3v) is 4.09. The van der Waals surface area contributed by atoms with Gasteiger partial charge in [-0.2, -0.15) is 0 Å². The molecule has 0 saturated heterocycles. The lowest BCUT2D eigenvalue weighted by molar-refractivity contribution is 0.0594. The molecule has 3 aromatic rings. The molecule has 1 N–H and O–H groups in total. The van der Waals surface area contributed by atoms with Gasteiger partial charge in [0.2, 0.25) is 0 Å². The van der Waals surface area contributed by atoms with E-state index in [9.17, 15) is 4.79 Å². The van der Waals surface area contributed by atoms with E-state index in [-0.39, 0.29) is 0 Å². The van der Waals surface area contributed by atoms with Gasteiger partial charge in [0.15, 0.2) is 5.69 Å². The molecule has 3 rings (SSSR count). The van der Waals surface area contributed by atoms with Crippen LogP contribution in [0.4, 0.5) is 11.4 Å². The van der Waals surface area contributed by atoms with Gasteiger partial charge in [-0.1, -0.05) is 35.9 Å². The van der Waals surface area contributed by atoms with Crippen LogP contribution >= 0.6 is 0 Å². The quantitative estimate of drug-likeness (QED) is 0.711. The van der Waals surface area contributed by atoms with E-state index in [0.29, 0.717) is 5.69 Å². The van der Waals surface area contributed by atoms with Crippen molar-refractivity contribution >= 4 is 28.2 Å². The number of para-hydroxylation sites is 1. The number of aromatic nitrogens is 1. The molecule has 0 atom stereocenters. The van der Waals surface area contributed by atoms with Crippen LogP contribution in [0.25, 0.3) is 10.9 Å². The number of fused-ring (bicyclic) bond motifs is 1. The molecule has 24 heavy (non-hydrogen) atoms. The smallest absolute Gasteiger partial charge is 0.356 e. The van der Waals surface area contributed by atoms with Gasteiger partial charge in [0.1, 0.15) is 0 Å². The summed E-state index contributed by atoms with van der Waals surface area (Å²) in [5, 5.41) is 4.42. The number of rotatable bonds is 3. The molecule has 0 radical (unpaired) electrons. The molecule has 4 nitrogen and oxygen atoms in total. The van der Waals surface area contributed by atoms with Crippen LogP contribution in [-0.2, 0) is 4.74 Å². The average Bonchev–Trinajstić information content (AvgIpc) is 2.57. The number of hydrogen-bond acceptors (Lipinski definition) is 4. The normalized spacial score (nSPS) is 10.7. The van der Waals surface area contributed by atoms with Gasteiger partial charge in [0.25, 0.3) is 0 Å². The molecule has 4 heteroatoms. The number of ether oxygens (including phenoxy) is 1. The zero-order chi connectivity index (χ0) is 17.3. The zero-order valence-corrected chi connectivity index (χ0v) is 14.3. The topological polar surface area (TPSA) is 51.2 Å². The summed E-state index contributed by atoms with van der Waals surface area (Å²) in [6, 6.07) is 13.9. The number of methoxy groups -OCH3 is 1. The second kappa shape index (κ2) is 6.32. The second-order valence-electron chi connectivity index (χ2n) is 5.96. The lowest BCUT2D eigenvalue weighted by Gasteiger charge is -2.14. The van der Waals surface area contributed by atoms with Crippen molar-refractivity contribution in [3.8, 4) is 0 Å². The average molecular weight is 320 g/mol. The molecule has 1 aromatic heterocycles. The van der Waals surface area contributed by atoms with E-state index in [1.165, 1.54) is 12.7 Å². The third kappa shape index (κ3) is 2.95. The molecule has 0 saturated carbocycles. The van der Waals surface area contributed by atoms with Crippen LogP contribution in [-0.4, -0.2) is 18.1 Å². The van der Waals surface area contributed by atoms with Gasteiger partial charge in [-0.05, 0) is 44.0 Å². The molecule has 0 aliphatic rings. The molecule has 0 aliphatic carbocycles. The Morgan fingerprint density at radius 1 is 1.00 bits per heavy atom. The van der Waals surface area contributed by atoms with Gasteiger partial charge in [-0.25, -0.2) is 9.78 Å². The van der Waals surface area contributed by atoms with E-state index in [1.807, 2.05) is 31.2 Å². The zero-order valence-electron chi connectivity index (χ0n) is 14.3. The summed E-state index contributed by atoms with van der Waals surface area (Å²) in [6.45, 7) is 6.11. The molecular weight excluding hydrogens is 300 g/mol. The number of nitrogens with one attached hydrogen (secondary N) is 1. The van der Waals surface area contributed by atoms with Crippen LogP contribution in [0.3, 0.4) is 0 Å². The highest BCUT2D eigenvalue weighted by Gasteiger charge is 2.14. The largest absolute Gasteiger partial charge is 0.464 e. The summed E-state index contributed by atoms with van der Waals surface area (Å²) < 4.78 is 4.84. The van der Waals surface area contributed by atoms with Crippen LogP contribution in [0.15, 0.2) is 42.5 Å². The lowest BCUT2D eigenvalue weighted by atomic mass is 10.1. The molecule has 0 bridgehead atoms. The predicted molar refractivity (Wildman–Crippen MR) is 97.0 cm³/mol. The van der Waals surface area contributed by atoms with Crippen molar-refractivity contribution in [3.05, 3.63) is 64.8 Å². The van der Waals surface area contributed by atoms with Crippen molar-refractivity contribution in [3.63, 3.8) is 0 Å². The maximum Gasteiger partial charge on any atom is 0.356 e. The number of pyridine rings is 1. The maximum absolute atomic E-state index is 12.0. The summed E-state index contributed by atoms with van der Waals surface area (Å²) in [5.74, 6) is -0.441. The lowest BCUT2D eigenvalue weighted by Crippen LogP contribution is -2.06. The van der Waals surface area contributed by atoms with Crippen molar-refractivity contribution in [1.29, 1.82) is 0 Å². The number of aryl methyl sites for hydroxylation is 3. The summed E-state index contributed by atoms with van der Waals surface area (Å²) in [5.41, 5.74) is 6.32. The number of benzene rings is 2. The molecule has 0 amide bonds. The van der Waals surface area contributed by atoms with Crippen LogP contribution in [0.1, 0.15) is 27.2 Å². The van der Waals surface area contributed by atoms with E-state index in [2.05, 4.69) is 36.3 Å². The number of carbonyl (C=O) groups is 1. The Morgan fingerprint density at radius 2 is 1.79 bits per heavy atom. The van der Waals surface area contributed by atoms with Gasteiger partial charge >= 0.3 is 5.97 Å². The van der Waals surface area contributed by atoms with Gasteiger partial charge in [0.05, 0.1) is 18.3 Å². The Bertz CT molecular complexity index is 932. The van der Waals surface area contributed by atoms with Gasteiger partial charge < -0.3 is 10.1 Å². The number of esters is 1. The Balaban J connectivity index is 2.18. The van der Waals surface area contributed by atoms with Crippen molar-refractivity contribution in [2.75, 3.05) is 12.4 Å². The monoisotopic (exact) mass is 320 g/mol. The molecule has 0 aliphatic heterocycles. The Morgan fingerprint density at radius 3 is 2.50 bits per heavy atom. The highest BCUT2D eigenvalue weighted by atomic mass is 16.5. The first-order valence-corrected chi connectivity index (χ1v) is 7.82. The Labute approximate surface area is 141 Å². The number of hydrogen-bond donors (Lipinski definition) is 1. The van der Waals surface area contributed by atoms with E-state index >= 15 is 0 Å². The van der Waals surface area contributed by atoms with E-state index in [0.717, 1.165) is 33.4 Å². The van der Waals surface area contributed by atoms with Gasteiger partial charge in [-0.15, -0.1) is 0 Å². The first-order chi connectivity index (χ1) is 11.5. The van der Waals surface area contributed by atoms with Crippen LogP contribution < -0.4 is 5.32 Å². The van der Waals surface area contributed by atoms with Crippen LogP contribution in [0.2, 0.25) is 0 Å². The Kier molecular flexibility index (Phi) is 4.21. The minimum Gasteiger partial charge on any atom is -0.464 e. The first-order valence-electron chi connectivity index (χ1n) is 7.82. The first kappa shape index (κ1) is 16.0. The van der Waals surface area contributed by atoms with Crippen LogP contribution in [0.5, 0.6) is 0 Å². The maximum atomic E-state index is 12.0. The summed E-state index contributed by atoms with van der Waals surface area (Å²) in [7, 11) is 1.36. The molecule has 2 aromatic carbocycles. The highest BCUT2D eigenvalue weighted by molar-refractivity contribution is 6.00. The fourth-order valence-corrected chi connectivity index (χ4v) is 2.80. The number of nitrogens with zero attached hydrogens (tertiary/aromatic N) is 1. The Hall–Kier alpha value is -2.88. The fraction of sp³-hybridized carbons (Fsp3) is 0.200. The van der Waals surface area contributed by atoms with Crippen molar-refractivity contribution in [2.45, 2.75) is 20.8 Å². The molecule has 122 valence electrons. The SMILES string of the molecule is COC(=O)c1cc(Nc2ccc(C)cc2C)c2cccc(C)c2n1. The standard InChI is InChI=1S/C20H20N2O2/c1-12-8-9-16(14(3)10-12)21-17-11-18(20(23)24-4)22-19-13(2)6-5-7-15(17)19/h5-11H,1-4H3,(H,21,22). The summed E-state index contributed by atoms with van der Waals surface area (Å²) >= 11 is 0. The van der Waals surface area contributed by atoms with Gasteiger partial charge in [0, 0.05) is 11.1 Å². The molecule has 0 fully saturated rings. The predicted octanol–water partition coefficient (Wildman–Crippen LogP) is 4.69. The summed E-state index contributed by atoms with van der Waals surface area (Å²) in [6.07, 6.45) is 0. The summed E-state index contributed by atoms with van der Waals surface area (Å²) in [4.78, 5) is 16.4. The van der Waals surface area contributed by atoms with Crippen LogP contribution in [0, 0.1) is 20.8 Å². The molecular formula is C20H20N2O2. The molecule has 1 heterocycles. The van der Waals surface area contributed by atoms with E-state index in [1.54, 1.807) is 6.07 Å². The van der Waals surface area contributed by atoms with E-state index in [4.69, 9.17) is 4.74 Å². The second-order valence-corrected chi connectivity index (χ2v) is 5.96. The fourth-order valence-electron chi connectivity index (χ4n) is 2.80. The molecule has 0 unspecified atom stereocenters. The third-order valence-electron chi connectivity index (χ3n) is 4.09.